The van der Waals surface area contributed by atoms with Crippen LogP contribution in [0.1, 0.15) is 36.1 Å². The van der Waals surface area contributed by atoms with Crippen LogP contribution in [-0.4, -0.2) is 13.1 Å². The smallest absolute Gasteiger partial charge is 0.123 e. The molecule has 0 aliphatic rings. The third-order valence-electron chi connectivity index (χ3n) is 4.28. The largest absolute Gasteiger partial charge is 0.316 e. The molecule has 114 valence electrons. The molecule has 1 aromatic carbocycles. The molecule has 1 N–H and O–H groups in total. The topological polar surface area (TPSA) is 12.0 Å². The number of likely N-dealkylation sites (N-methyl/N-ethyl adjacent to an activating group) is 1. The number of thiophene rings is 1. The second kappa shape index (κ2) is 6.71. The molecule has 0 amide bonds. The summed E-state index contributed by atoms with van der Waals surface area (Å²) >= 11 is 1.89. The molecule has 0 bridgehead atoms. The first kappa shape index (κ1) is 16.2. The van der Waals surface area contributed by atoms with E-state index in [1.165, 1.54) is 9.75 Å². The summed E-state index contributed by atoms with van der Waals surface area (Å²) in [6.45, 7) is 6.62. The molecule has 0 aliphatic heterocycles. The van der Waals surface area contributed by atoms with Gasteiger partial charge in [-0.1, -0.05) is 32.9 Å². The lowest BCUT2D eigenvalue weighted by molar-refractivity contribution is 0.358. The number of aryl methyl sites for hydroxylation is 1. The maximum atomic E-state index is 13.1. The van der Waals surface area contributed by atoms with Gasteiger partial charge in [-0.3, -0.25) is 0 Å². The summed E-state index contributed by atoms with van der Waals surface area (Å²) in [6, 6.07) is 11.6. The molecule has 2 rings (SSSR count). The Kier molecular flexibility index (Phi) is 5.17. The van der Waals surface area contributed by atoms with E-state index >= 15 is 0 Å². The molecule has 0 aliphatic carbocycles. The lowest BCUT2D eigenvalue weighted by Gasteiger charge is -2.34. The number of rotatable bonds is 6. The molecule has 0 radical (unpaired) electrons. The van der Waals surface area contributed by atoms with Gasteiger partial charge in [0.15, 0.2) is 0 Å². The van der Waals surface area contributed by atoms with Crippen molar-refractivity contribution in [1.29, 1.82) is 0 Å². The lowest BCUT2D eigenvalue weighted by Crippen LogP contribution is -2.44. The molecule has 1 aromatic heterocycles. The zero-order valence-corrected chi connectivity index (χ0v) is 14.1. The quantitative estimate of drug-likeness (QED) is 0.825. The number of hydrogen-bond donors (Lipinski definition) is 1. The normalized spacial score (nSPS) is 13.4. The Labute approximate surface area is 131 Å². The van der Waals surface area contributed by atoms with Crippen LogP contribution in [0.2, 0.25) is 0 Å². The van der Waals surface area contributed by atoms with Crippen molar-refractivity contribution in [3.05, 3.63) is 57.5 Å². The Bertz CT molecular complexity index is 571. The Morgan fingerprint density at radius 2 is 1.71 bits per heavy atom. The highest BCUT2D eigenvalue weighted by Gasteiger charge is 2.30. The van der Waals surface area contributed by atoms with Crippen molar-refractivity contribution in [3.63, 3.8) is 0 Å². The van der Waals surface area contributed by atoms with Gasteiger partial charge < -0.3 is 5.32 Å². The summed E-state index contributed by atoms with van der Waals surface area (Å²) in [6.07, 6.45) is 2.09. The average molecular weight is 305 g/mol. The maximum absolute atomic E-state index is 13.1. The van der Waals surface area contributed by atoms with E-state index in [2.05, 4.69) is 38.2 Å². The maximum Gasteiger partial charge on any atom is 0.123 e. The fourth-order valence-electron chi connectivity index (χ4n) is 2.72. The summed E-state index contributed by atoms with van der Waals surface area (Å²) in [7, 11) is 2.00. The Morgan fingerprint density at radius 1 is 1.10 bits per heavy atom. The summed E-state index contributed by atoms with van der Waals surface area (Å²) < 4.78 is 13.1. The summed E-state index contributed by atoms with van der Waals surface area (Å²) in [5, 5.41) is 3.44. The van der Waals surface area contributed by atoms with Crippen molar-refractivity contribution in [2.24, 2.45) is 0 Å². The molecule has 0 saturated heterocycles. The number of halogens is 1. The van der Waals surface area contributed by atoms with Crippen LogP contribution in [0, 0.1) is 5.82 Å². The van der Waals surface area contributed by atoms with Crippen molar-refractivity contribution in [2.45, 2.75) is 45.1 Å². The van der Waals surface area contributed by atoms with E-state index in [-0.39, 0.29) is 11.2 Å². The van der Waals surface area contributed by atoms with E-state index in [0.29, 0.717) is 6.04 Å². The molecule has 1 heterocycles. The van der Waals surface area contributed by atoms with E-state index < -0.39 is 0 Å². The highest BCUT2D eigenvalue weighted by Crippen LogP contribution is 2.30. The van der Waals surface area contributed by atoms with Crippen LogP contribution in [0.3, 0.4) is 0 Å². The fraction of sp³-hybridized carbons (Fsp3) is 0.444. The van der Waals surface area contributed by atoms with Gasteiger partial charge in [-0.05, 0) is 49.7 Å². The van der Waals surface area contributed by atoms with Gasteiger partial charge >= 0.3 is 0 Å². The van der Waals surface area contributed by atoms with Crippen molar-refractivity contribution < 1.29 is 4.39 Å². The summed E-state index contributed by atoms with van der Waals surface area (Å²) in [5.74, 6) is -0.179. The number of nitrogens with one attached hydrogen (secondary N) is 1. The van der Waals surface area contributed by atoms with Gasteiger partial charge in [0, 0.05) is 21.2 Å². The molecule has 0 saturated carbocycles. The monoisotopic (exact) mass is 305 g/mol. The van der Waals surface area contributed by atoms with E-state index in [9.17, 15) is 4.39 Å². The van der Waals surface area contributed by atoms with E-state index in [4.69, 9.17) is 0 Å². The van der Waals surface area contributed by atoms with Crippen molar-refractivity contribution in [3.8, 4) is 0 Å². The molecule has 21 heavy (non-hydrogen) atoms. The lowest BCUT2D eigenvalue weighted by atomic mass is 9.76. The third-order valence-corrected chi connectivity index (χ3v) is 5.53. The highest BCUT2D eigenvalue weighted by molar-refractivity contribution is 7.11. The van der Waals surface area contributed by atoms with E-state index in [0.717, 1.165) is 18.4 Å². The van der Waals surface area contributed by atoms with Gasteiger partial charge in [0.05, 0.1) is 0 Å². The van der Waals surface area contributed by atoms with E-state index in [1.807, 2.05) is 30.5 Å². The van der Waals surface area contributed by atoms with Crippen LogP contribution in [0.4, 0.5) is 4.39 Å². The third kappa shape index (κ3) is 3.72. The number of hydrogen-bond acceptors (Lipinski definition) is 2. The van der Waals surface area contributed by atoms with Gasteiger partial charge in [0.25, 0.3) is 0 Å². The Hall–Kier alpha value is -1.19. The summed E-state index contributed by atoms with van der Waals surface area (Å²) in [5.41, 5.74) is 1.11. The minimum atomic E-state index is -0.179. The van der Waals surface area contributed by atoms with E-state index in [1.54, 1.807) is 12.1 Å². The van der Waals surface area contributed by atoms with Crippen molar-refractivity contribution in [1.82, 2.24) is 5.32 Å². The molecule has 0 fully saturated rings. The molecule has 2 aromatic rings. The van der Waals surface area contributed by atoms with Crippen LogP contribution in [-0.2, 0) is 18.3 Å². The van der Waals surface area contributed by atoms with Crippen LogP contribution >= 0.6 is 11.3 Å². The molecule has 1 atom stereocenters. The second-order valence-corrected chi connectivity index (χ2v) is 7.25. The van der Waals surface area contributed by atoms with Gasteiger partial charge in [-0.15, -0.1) is 11.3 Å². The zero-order valence-electron chi connectivity index (χ0n) is 13.2. The minimum Gasteiger partial charge on any atom is -0.316 e. The second-order valence-electron chi connectivity index (χ2n) is 6.00. The fourth-order valence-corrected chi connectivity index (χ4v) is 3.73. The minimum absolute atomic E-state index is 0.0567. The van der Waals surface area contributed by atoms with Crippen molar-refractivity contribution in [2.75, 3.05) is 7.05 Å². The SMILES string of the molecule is CCc1ccc(CC(NC)C(C)(C)c2ccc(F)cc2)s1. The van der Waals surface area contributed by atoms with Gasteiger partial charge in [0.2, 0.25) is 0 Å². The molecular weight excluding hydrogens is 281 g/mol. The summed E-state index contributed by atoms with van der Waals surface area (Å²) in [4.78, 5) is 2.83. The van der Waals surface area contributed by atoms with Gasteiger partial charge in [0.1, 0.15) is 5.82 Å². The Balaban J connectivity index is 2.20. The van der Waals surface area contributed by atoms with Gasteiger partial charge in [-0.25, -0.2) is 4.39 Å². The highest BCUT2D eigenvalue weighted by atomic mass is 32.1. The van der Waals surface area contributed by atoms with Crippen molar-refractivity contribution >= 4 is 11.3 Å². The van der Waals surface area contributed by atoms with Crippen LogP contribution in [0.25, 0.3) is 0 Å². The molecule has 0 spiro atoms. The predicted octanol–water partition coefficient (Wildman–Crippen LogP) is 4.56. The first-order valence-electron chi connectivity index (χ1n) is 7.48. The van der Waals surface area contributed by atoms with Crippen LogP contribution < -0.4 is 5.32 Å². The zero-order chi connectivity index (χ0) is 15.5. The average Bonchev–Trinajstić information content (AvgIpc) is 2.92. The first-order valence-corrected chi connectivity index (χ1v) is 8.30. The van der Waals surface area contributed by atoms with Gasteiger partial charge in [-0.2, -0.15) is 0 Å². The standard InChI is InChI=1S/C18H24FNS/c1-5-15-10-11-16(21-15)12-17(20-4)18(2,3)13-6-8-14(19)9-7-13/h6-11,17,20H,5,12H2,1-4H3. The number of benzene rings is 1. The Morgan fingerprint density at radius 3 is 2.24 bits per heavy atom. The van der Waals surface area contributed by atoms with Crippen LogP contribution in [0.15, 0.2) is 36.4 Å². The molecular formula is C18H24FNS. The predicted molar refractivity (Wildman–Crippen MR) is 89.7 cm³/mol. The molecule has 1 unspecified atom stereocenters. The molecule has 3 heteroatoms. The first-order chi connectivity index (χ1) is 9.97. The van der Waals surface area contributed by atoms with Crippen LogP contribution in [0.5, 0.6) is 0 Å². The molecule has 1 nitrogen and oxygen atoms in total.